The molecular weight excluding hydrogens is 380 g/mol. The first-order chi connectivity index (χ1) is 13.8. The molecule has 29 heavy (non-hydrogen) atoms. The topological polar surface area (TPSA) is 136 Å². The fraction of sp³-hybridized carbons (Fsp3) is 0.0526. The van der Waals surface area contributed by atoms with Crippen LogP contribution in [0.1, 0.15) is 36.8 Å². The Morgan fingerprint density at radius 1 is 1.07 bits per heavy atom. The Bertz CT molecular complexity index is 1180. The number of nitro groups is 1. The molecule has 0 bridgehead atoms. The van der Waals surface area contributed by atoms with E-state index >= 15 is 0 Å². The van der Waals surface area contributed by atoms with Gasteiger partial charge in [-0.25, -0.2) is 4.90 Å². The van der Waals surface area contributed by atoms with E-state index in [1.54, 1.807) is 6.92 Å². The fourth-order valence-electron chi connectivity index (χ4n) is 2.95. The quantitative estimate of drug-likeness (QED) is 0.409. The fourth-order valence-corrected chi connectivity index (χ4v) is 2.95. The van der Waals surface area contributed by atoms with E-state index in [2.05, 4.69) is 10.5 Å². The lowest BCUT2D eigenvalue weighted by Crippen LogP contribution is -2.29. The van der Waals surface area contributed by atoms with Gasteiger partial charge in [0.2, 0.25) is 0 Å². The second-order valence-electron chi connectivity index (χ2n) is 6.26. The lowest BCUT2D eigenvalue weighted by atomic mass is 10.1. The number of nitro benzene ring substituents is 1. The summed E-state index contributed by atoms with van der Waals surface area (Å²) in [6, 6.07) is 10.7. The monoisotopic (exact) mass is 392 g/mol. The van der Waals surface area contributed by atoms with E-state index in [0.717, 1.165) is 4.90 Å². The third-order valence-electron chi connectivity index (χ3n) is 4.34. The van der Waals surface area contributed by atoms with Gasteiger partial charge in [0.25, 0.3) is 23.4 Å². The summed E-state index contributed by atoms with van der Waals surface area (Å²) in [5, 5.41) is 17.0. The molecule has 0 radical (unpaired) electrons. The third kappa shape index (κ3) is 3.12. The smallest absolute Gasteiger partial charge is 0.269 e. The Balaban J connectivity index is 1.62. The molecule has 2 aromatic carbocycles. The Labute approximate surface area is 162 Å². The van der Waals surface area contributed by atoms with Crippen molar-refractivity contribution in [1.82, 2.24) is 5.16 Å². The van der Waals surface area contributed by atoms with Gasteiger partial charge in [-0.1, -0.05) is 5.16 Å². The standard InChI is InChI=1S/C19H12N4O6/c1-10-8-16(21-29-10)20-17(24)11-2-7-14-15(9-11)19(26)22(18(14)25)12-3-5-13(6-4-12)23(27)28/h2-9H,1H3,(H,20,21,24). The number of rotatable bonds is 4. The molecule has 1 N–H and O–H groups in total. The van der Waals surface area contributed by atoms with Gasteiger partial charge in [-0.05, 0) is 37.3 Å². The summed E-state index contributed by atoms with van der Waals surface area (Å²) in [7, 11) is 0. The number of nitrogens with one attached hydrogen (secondary N) is 1. The number of aryl methyl sites for hydroxylation is 1. The molecule has 0 spiro atoms. The Morgan fingerprint density at radius 3 is 2.38 bits per heavy atom. The van der Waals surface area contributed by atoms with Crippen molar-refractivity contribution in [3.8, 4) is 0 Å². The van der Waals surface area contributed by atoms with Crippen LogP contribution in [-0.4, -0.2) is 27.8 Å². The highest BCUT2D eigenvalue weighted by atomic mass is 16.6. The van der Waals surface area contributed by atoms with Crippen LogP contribution in [0.5, 0.6) is 0 Å². The van der Waals surface area contributed by atoms with Crippen LogP contribution < -0.4 is 10.2 Å². The number of hydrogen-bond donors (Lipinski definition) is 1. The molecule has 3 amide bonds. The lowest BCUT2D eigenvalue weighted by molar-refractivity contribution is -0.384. The number of hydrogen-bond acceptors (Lipinski definition) is 7. The van der Waals surface area contributed by atoms with Crippen LogP contribution in [0.15, 0.2) is 53.1 Å². The van der Waals surface area contributed by atoms with E-state index in [0.29, 0.717) is 5.76 Å². The zero-order valence-corrected chi connectivity index (χ0v) is 14.9. The van der Waals surface area contributed by atoms with Crippen LogP contribution in [0.3, 0.4) is 0 Å². The molecule has 1 aromatic heterocycles. The highest BCUT2D eigenvalue weighted by Crippen LogP contribution is 2.30. The third-order valence-corrected chi connectivity index (χ3v) is 4.34. The minimum atomic E-state index is -0.620. The minimum absolute atomic E-state index is 0.0670. The van der Waals surface area contributed by atoms with E-state index in [4.69, 9.17) is 4.52 Å². The molecular formula is C19H12N4O6. The summed E-state index contributed by atoms with van der Waals surface area (Å²) in [5.74, 6) is -0.962. The van der Waals surface area contributed by atoms with Crippen molar-refractivity contribution >= 4 is 34.9 Å². The number of amides is 3. The number of imide groups is 1. The molecule has 0 aliphatic carbocycles. The SMILES string of the molecule is Cc1cc(NC(=O)c2ccc3c(c2)C(=O)N(c2ccc([N+](=O)[O-])cc2)C3=O)no1. The molecule has 1 aliphatic heterocycles. The number of carbonyl (C=O) groups excluding carboxylic acids is 3. The van der Waals surface area contributed by atoms with Crippen LogP contribution >= 0.6 is 0 Å². The number of benzene rings is 2. The average Bonchev–Trinajstić information content (AvgIpc) is 3.22. The zero-order chi connectivity index (χ0) is 20.7. The number of nitrogens with zero attached hydrogens (tertiary/aromatic N) is 3. The molecule has 0 saturated carbocycles. The van der Waals surface area contributed by atoms with Crippen molar-refractivity contribution in [1.29, 1.82) is 0 Å². The zero-order valence-electron chi connectivity index (χ0n) is 14.9. The first-order valence-electron chi connectivity index (χ1n) is 8.37. The lowest BCUT2D eigenvalue weighted by Gasteiger charge is -2.13. The normalized spacial score (nSPS) is 12.8. The molecule has 0 saturated heterocycles. The van der Waals surface area contributed by atoms with Crippen LogP contribution in [0, 0.1) is 17.0 Å². The summed E-state index contributed by atoms with van der Waals surface area (Å²) in [6.45, 7) is 1.68. The predicted molar refractivity (Wildman–Crippen MR) is 99.9 cm³/mol. The largest absolute Gasteiger partial charge is 0.360 e. The van der Waals surface area contributed by atoms with Crippen molar-refractivity contribution in [3.05, 3.63) is 81.1 Å². The van der Waals surface area contributed by atoms with E-state index in [-0.39, 0.29) is 33.9 Å². The van der Waals surface area contributed by atoms with Gasteiger partial charge in [0.05, 0.1) is 21.7 Å². The number of fused-ring (bicyclic) bond motifs is 1. The number of aromatic nitrogens is 1. The van der Waals surface area contributed by atoms with Crippen LogP contribution in [0.25, 0.3) is 0 Å². The highest BCUT2D eigenvalue weighted by Gasteiger charge is 2.37. The van der Waals surface area contributed by atoms with E-state index < -0.39 is 22.6 Å². The number of non-ortho nitro benzene ring substituents is 1. The molecule has 2 heterocycles. The molecule has 0 unspecified atom stereocenters. The minimum Gasteiger partial charge on any atom is -0.360 e. The summed E-state index contributed by atoms with van der Waals surface area (Å²) in [6.07, 6.45) is 0. The molecule has 1 aliphatic rings. The van der Waals surface area contributed by atoms with Gasteiger partial charge in [-0.2, -0.15) is 0 Å². The van der Waals surface area contributed by atoms with Crippen molar-refractivity contribution in [2.75, 3.05) is 10.2 Å². The maximum absolute atomic E-state index is 12.8. The highest BCUT2D eigenvalue weighted by molar-refractivity contribution is 6.34. The van der Waals surface area contributed by atoms with Gasteiger partial charge >= 0.3 is 0 Å². The maximum Gasteiger partial charge on any atom is 0.269 e. The Kier molecular flexibility index (Phi) is 4.15. The van der Waals surface area contributed by atoms with E-state index in [9.17, 15) is 24.5 Å². The van der Waals surface area contributed by atoms with E-state index in [1.807, 2.05) is 0 Å². The summed E-state index contributed by atoms with van der Waals surface area (Å²) in [4.78, 5) is 48.9. The van der Waals surface area contributed by atoms with Crippen molar-refractivity contribution in [2.24, 2.45) is 0 Å². The van der Waals surface area contributed by atoms with Gasteiger partial charge in [-0.15, -0.1) is 0 Å². The van der Waals surface area contributed by atoms with E-state index in [1.165, 1.54) is 48.5 Å². The summed E-state index contributed by atoms with van der Waals surface area (Å²) in [5.41, 5.74) is 0.411. The first kappa shape index (κ1) is 18.0. The van der Waals surface area contributed by atoms with Crippen LogP contribution in [0.4, 0.5) is 17.2 Å². The van der Waals surface area contributed by atoms with Crippen molar-refractivity contribution in [2.45, 2.75) is 6.92 Å². The molecule has 3 aromatic rings. The van der Waals surface area contributed by atoms with Crippen LogP contribution in [-0.2, 0) is 0 Å². The average molecular weight is 392 g/mol. The second kappa shape index (κ2) is 6.68. The molecule has 144 valence electrons. The number of anilines is 2. The number of carbonyl (C=O) groups is 3. The van der Waals surface area contributed by atoms with Gasteiger partial charge in [0, 0.05) is 23.8 Å². The predicted octanol–water partition coefficient (Wildman–Crippen LogP) is 2.94. The molecule has 10 nitrogen and oxygen atoms in total. The molecule has 10 heteroatoms. The molecule has 0 atom stereocenters. The second-order valence-corrected chi connectivity index (χ2v) is 6.26. The van der Waals surface area contributed by atoms with Gasteiger partial charge in [0.15, 0.2) is 5.82 Å². The summed E-state index contributed by atoms with van der Waals surface area (Å²) < 4.78 is 4.88. The first-order valence-corrected chi connectivity index (χ1v) is 8.37. The Hall–Kier alpha value is -4.34. The van der Waals surface area contributed by atoms with Crippen LogP contribution in [0.2, 0.25) is 0 Å². The van der Waals surface area contributed by atoms with Gasteiger partial charge in [-0.3, -0.25) is 24.5 Å². The molecule has 4 rings (SSSR count). The van der Waals surface area contributed by atoms with Crippen molar-refractivity contribution < 1.29 is 23.8 Å². The Morgan fingerprint density at radius 2 is 1.76 bits per heavy atom. The van der Waals surface area contributed by atoms with Crippen molar-refractivity contribution in [3.63, 3.8) is 0 Å². The summed E-state index contributed by atoms with van der Waals surface area (Å²) >= 11 is 0. The molecule has 0 fully saturated rings. The maximum atomic E-state index is 12.8. The van der Waals surface area contributed by atoms with Gasteiger partial charge in [0.1, 0.15) is 5.76 Å². The van der Waals surface area contributed by atoms with Gasteiger partial charge < -0.3 is 9.84 Å².